The monoisotopic (exact) mass is 253 g/mol. The Kier molecular flexibility index (Phi) is 5.60. The van der Waals surface area contributed by atoms with Gasteiger partial charge in [-0.2, -0.15) is 0 Å². The number of rotatable bonds is 5. The number of para-hydroxylation sites is 1. The molecule has 0 bridgehead atoms. The summed E-state index contributed by atoms with van der Waals surface area (Å²) in [6, 6.07) is 11.8. The van der Waals surface area contributed by atoms with Crippen LogP contribution in [0, 0.1) is 0 Å². The predicted octanol–water partition coefficient (Wildman–Crippen LogP) is 3.00. The average molecular weight is 254 g/mol. The number of ether oxygens (including phenoxy) is 1. The van der Waals surface area contributed by atoms with Gasteiger partial charge in [0.15, 0.2) is 0 Å². The lowest BCUT2D eigenvalue weighted by molar-refractivity contribution is 0.406. The van der Waals surface area contributed by atoms with E-state index in [1.54, 1.807) is 13.4 Å². The first-order valence-corrected chi connectivity index (χ1v) is 5.25. The van der Waals surface area contributed by atoms with E-state index in [1.165, 1.54) is 0 Å². The van der Waals surface area contributed by atoms with Crippen molar-refractivity contribution in [3.8, 4) is 5.75 Å². The summed E-state index contributed by atoms with van der Waals surface area (Å²) in [5, 5.41) is 3.31. The Labute approximate surface area is 107 Å². The standard InChI is InChI=1S/C13H15NO2.ClH/c1-15-13-7-3-2-5-11(13)9-14-10-12-6-4-8-16-12;/h2-8,14H,9-10H2,1H3;1H. The maximum atomic E-state index is 5.27. The van der Waals surface area contributed by atoms with Crippen LogP contribution in [0.1, 0.15) is 11.3 Å². The number of methoxy groups -OCH3 is 1. The third kappa shape index (κ3) is 3.80. The molecule has 3 nitrogen and oxygen atoms in total. The highest BCUT2D eigenvalue weighted by Crippen LogP contribution is 2.16. The summed E-state index contributed by atoms with van der Waals surface area (Å²) in [5.74, 6) is 1.85. The van der Waals surface area contributed by atoms with Gasteiger partial charge in [0.25, 0.3) is 0 Å². The summed E-state index contributed by atoms with van der Waals surface area (Å²) in [4.78, 5) is 0. The molecule has 0 aliphatic carbocycles. The molecule has 0 saturated heterocycles. The number of hydrogen-bond donors (Lipinski definition) is 1. The Morgan fingerprint density at radius 3 is 2.65 bits per heavy atom. The molecule has 2 rings (SSSR count). The van der Waals surface area contributed by atoms with Gasteiger partial charge in [0, 0.05) is 12.1 Å². The van der Waals surface area contributed by atoms with Crippen LogP contribution in [0.15, 0.2) is 47.1 Å². The van der Waals surface area contributed by atoms with E-state index in [0.29, 0.717) is 0 Å². The van der Waals surface area contributed by atoms with Crippen LogP contribution in [0.2, 0.25) is 0 Å². The van der Waals surface area contributed by atoms with Crippen LogP contribution >= 0.6 is 12.4 Å². The van der Waals surface area contributed by atoms with Crippen molar-refractivity contribution in [3.05, 3.63) is 54.0 Å². The Balaban J connectivity index is 0.00000144. The Hall–Kier alpha value is -1.45. The smallest absolute Gasteiger partial charge is 0.123 e. The highest BCUT2D eigenvalue weighted by Gasteiger charge is 2.01. The predicted molar refractivity (Wildman–Crippen MR) is 69.5 cm³/mol. The number of hydrogen-bond acceptors (Lipinski definition) is 3. The van der Waals surface area contributed by atoms with Gasteiger partial charge in [0.2, 0.25) is 0 Å². The molecule has 0 aliphatic rings. The normalized spacial score (nSPS) is 9.71. The molecule has 0 atom stereocenters. The third-order valence-electron chi connectivity index (χ3n) is 2.39. The first kappa shape index (κ1) is 13.6. The lowest BCUT2D eigenvalue weighted by atomic mass is 10.2. The molecule has 0 spiro atoms. The molecule has 2 aromatic rings. The first-order valence-electron chi connectivity index (χ1n) is 5.25. The van der Waals surface area contributed by atoms with E-state index in [1.807, 2.05) is 36.4 Å². The number of halogens is 1. The van der Waals surface area contributed by atoms with Crippen LogP contribution < -0.4 is 10.1 Å². The molecule has 4 heteroatoms. The second-order valence-electron chi connectivity index (χ2n) is 3.49. The van der Waals surface area contributed by atoms with Crippen molar-refractivity contribution in [2.75, 3.05) is 7.11 Å². The van der Waals surface area contributed by atoms with Crippen molar-refractivity contribution in [2.24, 2.45) is 0 Å². The minimum absolute atomic E-state index is 0. The summed E-state index contributed by atoms with van der Waals surface area (Å²) < 4.78 is 10.5. The molecule has 92 valence electrons. The molecule has 1 heterocycles. The minimum atomic E-state index is 0. The van der Waals surface area contributed by atoms with Crippen molar-refractivity contribution in [3.63, 3.8) is 0 Å². The maximum Gasteiger partial charge on any atom is 0.123 e. The number of nitrogens with one attached hydrogen (secondary N) is 1. The minimum Gasteiger partial charge on any atom is -0.496 e. The second kappa shape index (κ2) is 6.99. The Bertz CT molecular complexity index is 429. The van der Waals surface area contributed by atoms with Crippen LogP contribution in [0.25, 0.3) is 0 Å². The summed E-state index contributed by atoms with van der Waals surface area (Å²) in [5.41, 5.74) is 1.15. The van der Waals surface area contributed by atoms with Crippen molar-refractivity contribution < 1.29 is 9.15 Å². The number of benzene rings is 1. The fraction of sp³-hybridized carbons (Fsp3) is 0.231. The molecule has 0 saturated carbocycles. The highest BCUT2D eigenvalue weighted by molar-refractivity contribution is 5.85. The zero-order valence-corrected chi connectivity index (χ0v) is 10.5. The van der Waals surface area contributed by atoms with E-state index >= 15 is 0 Å². The zero-order valence-electron chi connectivity index (χ0n) is 9.68. The van der Waals surface area contributed by atoms with Crippen LogP contribution in [0.3, 0.4) is 0 Å². The van der Waals surface area contributed by atoms with Gasteiger partial charge in [-0.3, -0.25) is 0 Å². The van der Waals surface area contributed by atoms with Crippen LogP contribution in [-0.2, 0) is 13.1 Å². The highest BCUT2D eigenvalue weighted by atomic mass is 35.5. The van der Waals surface area contributed by atoms with E-state index in [9.17, 15) is 0 Å². The third-order valence-corrected chi connectivity index (χ3v) is 2.39. The van der Waals surface area contributed by atoms with Crippen molar-refractivity contribution >= 4 is 12.4 Å². The largest absolute Gasteiger partial charge is 0.496 e. The van der Waals surface area contributed by atoms with Gasteiger partial charge < -0.3 is 14.5 Å². The summed E-state index contributed by atoms with van der Waals surface area (Å²) in [6.45, 7) is 1.50. The van der Waals surface area contributed by atoms with Gasteiger partial charge in [0.05, 0.1) is 19.9 Å². The molecule has 17 heavy (non-hydrogen) atoms. The summed E-state index contributed by atoms with van der Waals surface area (Å²) in [7, 11) is 1.69. The van der Waals surface area contributed by atoms with E-state index in [4.69, 9.17) is 9.15 Å². The molecule has 0 unspecified atom stereocenters. The fourth-order valence-corrected chi connectivity index (χ4v) is 1.58. The van der Waals surface area contributed by atoms with Crippen molar-refractivity contribution in [1.29, 1.82) is 0 Å². The lowest BCUT2D eigenvalue weighted by Crippen LogP contribution is -2.12. The van der Waals surface area contributed by atoms with Gasteiger partial charge in [-0.05, 0) is 18.2 Å². The van der Waals surface area contributed by atoms with E-state index < -0.39 is 0 Å². The van der Waals surface area contributed by atoms with Crippen molar-refractivity contribution in [1.82, 2.24) is 5.32 Å². The second-order valence-corrected chi connectivity index (χ2v) is 3.49. The zero-order chi connectivity index (χ0) is 11.2. The lowest BCUT2D eigenvalue weighted by Gasteiger charge is -2.08. The SMILES string of the molecule is COc1ccccc1CNCc1ccco1.Cl. The molecule has 1 aromatic heterocycles. The first-order chi connectivity index (χ1) is 7.90. The molecular formula is C13H16ClNO2. The fourth-order valence-electron chi connectivity index (χ4n) is 1.58. The molecule has 1 aromatic carbocycles. The van der Waals surface area contributed by atoms with Gasteiger partial charge in [0.1, 0.15) is 11.5 Å². The molecule has 0 aliphatic heterocycles. The molecular weight excluding hydrogens is 238 g/mol. The van der Waals surface area contributed by atoms with Crippen LogP contribution in [0.5, 0.6) is 5.75 Å². The average Bonchev–Trinajstić information content (AvgIpc) is 2.83. The summed E-state index contributed by atoms with van der Waals surface area (Å²) >= 11 is 0. The quantitative estimate of drug-likeness (QED) is 0.890. The molecule has 0 radical (unpaired) electrons. The van der Waals surface area contributed by atoms with E-state index in [-0.39, 0.29) is 12.4 Å². The van der Waals surface area contributed by atoms with Gasteiger partial charge in [-0.1, -0.05) is 18.2 Å². The van der Waals surface area contributed by atoms with E-state index in [0.717, 1.165) is 30.2 Å². The van der Waals surface area contributed by atoms with Gasteiger partial charge >= 0.3 is 0 Å². The molecule has 1 N–H and O–H groups in total. The van der Waals surface area contributed by atoms with E-state index in [2.05, 4.69) is 5.32 Å². The molecule has 0 amide bonds. The number of furan rings is 1. The maximum absolute atomic E-state index is 5.27. The van der Waals surface area contributed by atoms with Crippen molar-refractivity contribution in [2.45, 2.75) is 13.1 Å². The van der Waals surface area contributed by atoms with Crippen LogP contribution in [-0.4, -0.2) is 7.11 Å². The van der Waals surface area contributed by atoms with Gasteiger partial charge in [-0.25, -0.2) is 0 Å². The Morgan fingerprint density at radius 1 is 1.12 bits per heavy atom. The Morgan fingerprint density at radius 2 is 1.94 bits per heavy atom. The molecule has 0 fully saturated rings. The van der Waals surface area contributed by atoms with Crippen LogP contribution in [0.4, 0.5) is 0 Å². The van der Waals surface area contributed by atoms with Gasteiger partial charge in [-0.15, -0.1) is 12.4 Å². The summed E-state index contributed by atoms with van der Waals surface area (Å²) in [6.07, 6.45) is 1.68. The topological polar surface area (TPSA) is 34.4 Å².